The van der Waals surface area contributed by atoms with Gasteiger partial charge in [-0.2, -0.15) is 0 Å². The van der Waals surface area contributed by atoms with Gasteiger partial charge in [-0.05, 0) is 53.9 Å². The van der Waals surface area contributed by atoms with Gasteiger partial charge < -0.3 is 19.5 Å². The average molecular weight is 405 g/mol. The van der Waals surface area contributed by atoms with E-state index in [1.54, 1.807) is 32.4 Å². The summed E-state index contributed by atoms with van der Waals surface area (Å²) in [4.78, 5) is 12.7. The van der Waals surface area contributed by atoms with Crippen LogP contribution in [-0.2, 0) is 6.61 Å². The largest absolute Gasteiger partial charge is 0.497 e. The van der Waals surface area contributed by atoms with Crippen LogP contribution in [0.2, 0.25) is 0 Å². The van der Waals surface area contributed by atoms with Gasteiger partial charge >= 0.3 is 0 Å². The summed E-state index contributed by atoms with van der Waals surface area (Å²) in [7, 11) is 3.21. The molecule has 0 spiro atoms. The Morgan fingerprint density at radius 3 is 2.30 bits per heavy atom. The second kappa shape index (κ2) is 9.83. The van der Waals surface area contributed by atoms with Crippen molar-refractivity contribution in [2.24, 2.45) is 0 Å². The summed E-state index contributed by atoms with van der Waals surface area (Å²) >= 11 is 0. The fraction of sp³-hybridized carbons (Fsp3) is 0.240. The Balaban J connectivity index is 1.73. The number of hydrogen-bond donors (Lipinski definition) is 1. The molecule has 3 rings (SSSR count). The maximum absolute atomic E-state index is 12.7. The molecule has 5 heteroatoms. The van der Waals surface area contributed by atoms with Gasteiger partial charge in [-0.15, -0.1) is 0 Å². The Labute approximate surface area is 177 Å². The molecule has 3 aromatic rings. The van der Waals surface area contributed by atoms with E-state index in [1.807, 2.05) is 48.5 Å². The van der Waals surface area contributed by atoms with Crippen molar-refractivity contribution in [2.45, 2.75) is 26.4 Å². The lowest BCUT2D eigenvalue weighted by Crippen LogP contribution is -2.13. The van der Waals surface area contributed by atoms with E-state index in [2.05, 4.69) is 19.2 Å². The SMILES string of the molecule is COc1cccc(OCc2cc(C(=O)Nc3ccc(C(C)C)cc3)ccc2OC)c1. The molecule has 5 nitrogen and oxygen atoms in total. The van der Waals surface area contributed by atoms with Crippen molar-refractivity contribution in [1.29, 1.82) is 0 Å². The summed E-state index contributed by atoms with van der Waals surface area (Å²) in [6.07, 6.45) is 0. The summed E-state index contributed by atoms with van der Waals surface area (Å²) in [5.74, 6) is 2.32. The highest BCUT2D eigenvalue weighted by molar-refractivity contribution is 6.04. The first-order chi connectivity index (χ1) is 14.5. The number of carbonyl (C=O) groups is 1. The molecule has 0 radical (unpaired) electrons. The van der Waals surface area contributed by atoms with Gasteiger partial charge in [0.15, 0.2) is 0 Å². The number of amides is 1. The predicted molar refractivity (Wildman–Crippen MR) is 119 cm³/mol. The number of rotatable bonds is 8. The van der Waals surface area contributed by atoms with Crippen LogP contribution in [0.1, 0.15) is 41.3 Å². The van der Waals surface area contributed by atoms with Crippen molar-refractivity contribution in [3.05, 3.63) is 83.4 Å². The van der Waals surface area contributed by atoms with Crippen LogP contribution in [-0.4, -0.2) is 20.1 Å². The van der Waals surface area contributed by atoms with Gasteiger partial charge in [0.05, 0.1) is 14.2 Å². The first-order valence-corrected chi connectivity index (χ1v) is 9.85. The average Bonchev–Trinajstić information content (AvgIpc) is 2.78. The van der Waals surface area contributed by atoms with Crippen molar-refractivity contribution in [3.63, 3.8) is 0 Å². The van der Waals surface area contributed by atoms with Crippen LogP contribution in [0, 0.1) is 0 Å². The minimum absolute atomic E-state index is 0.183. The molecular formula is C25H27NO4. The van der Waals surface area contributed by atoms with Crippen LogP contribution < -0.4 is 19.5 Å². The molecule has 0 bridgehead atoms. The summed E-state index contributed by atoms with van der Waals surface area (Å²) in [5, 5.41) is 2.94. The van der Waals surface area contributed by atoms with Crippen LogP contribution in [0.4, 0.5) is 5.69 Å². The van der Waals surface area contributed by atoms with Gasteiger partial charge in [0, 0.05) is 22.9 Å². The van der Waals surface area contributed by atoms with Crippen LogP contribution in [0.5, 0.6) is 17.2 Å². The molecule has 0 fully saturated rings. The van der Waals surface area contributed by atoms with Crippen LogP contribution >= 0.6 is 0 Å². The number of hydrogen-bond acceptors (Lipinski definition) is 4. The lowest BCUT2D eigenvalue weighted by molar-refractivity contribution is 0.102. The number of nitrogens with one attached hydrogen (secondary N) is 1. The van der Waals surface area contributed by atoms with Crippen LogP contribution in [0.3, 0.4) is 0 Å². The highest BCUT2D eigenvalue weighted by atomic mass is 16.5. The molecule has 0 heterocycles. The van der Waals surface area contributed by atoms with Gasteiger partial charge in [0.1, 0.15) is 23.9 Å². The van der Waals surface area contributed by atoms with Gasteiger partial charge in [-0.25, -0.2) is 0 Å². The lowest BCUT2D eigenvalue weighted by atomic mass is 10.0. The van der Waals surface area contributed by atoms with Gasteiger partial charge in [0.2, 0.25) is 0 Å². The summed E-state index contributed by atoms with van der Waals surface area (Å²) in [5.41, 5.74) is 3.31. The van der Waals surface area contributed by atoms with Crippen molar-refractivity contribution in [2.75, 3.05) is 19.5 Å². The molecule has 0 aromatic heterocycles. The Hall–Kier alpha value is -3.47. The minimum Gasteiger partial charge on any atom is -0.497 e. The fourth-order valence-corrected chi connectivity index (χ4v) is 3.04. The number of carbonyl (C=O) groups excluding carboxylic acids is 1. The smallest absolute Gasteiger partial charge is 0.255 e. The summed E-state index contributed by atoms with van der Waals surface area (Å²) in [6, 6.07) is 20.6. The molecule has 0 saturated heterocycles. The van der Waals surface area contributed by atoms with E-state index in [9.17, 15) is 4.79 Å². The molecule has 3 aromatic carbocycles. The zero-order chi connectivity index (χ0) is 21.5. The third-order valence-corrected chi connectivity index (χ3v) is 4.81. The molecule has 0 aliphatic heterocycles. The van der Waals surface area contributed by atoms with Crippen molar-refractivity contribution in [3.8, 4) is 17.2 Å². The number of anilines is 1. The zero-order valence-corrected chi connectivity index (χ0v) is 17.8. The van der Waals surface area contributed by atoms with Crippen LogP contribution in [0.25, 0.3) is 0 Å². The van der Waals surface area contributed by atoms with Gasteiger partial charge in [-0.3, -0.25) is 4.79 Å². The summed E-state index contributed by atoms with van der Waals surface area (Å²) < 4.78 is 16.5. The zero-order valence-electron chi connectivity index (χ0n) is 17.8. The Bertz CT molecular complexity index is 996. The van der Waals surface area contributed by atoms with E-state index in [-0.39, 0.29) is 12.5 Å². The minimum atomic E-state index is -0.183. The van der Waals surface area contributed by atoms with E-state index < -0.39 is 0 Å². The predicted octanol–water partition coefficient (Wildman–Crippen LogP) is 5.66. The first kappa shape index (κ1) is 21.2. The molecule has 0 saturated carbocycles. The molecule has 0 aliphatic carbocycles. The number of ether oxygens (including phenoxy) is 3. The Morgan fingerprint density at radius 2 is 1.63 bits per heavy atom. The standard InChI is InChI=1S/C25H27NO4/c1-17(2)18-8-11-21(12-9-18)26-25(27)19-10-13-24(29-4)20(14-19)16-30-23-7-5-6-22(15-23)28-3/h5-15,17H,16H2,1-4H3,(H,26,27). The first-order valence-electron chi connectivity index (χ1n) is 9.85. The second-order valence-corrected chi connectivity index (χ2v) is 7.23. The molecular weight excluding hydrogens is 378 g/mol. The summed E-state index contributed by atoms with van der Waals surface area (Å²) in [6.45, 7) is 4.54. The second-order valence-electron chi connectivity index (χ2n) is 7.23. The molecule has 0 atom stereocenters. The van der Waals surface area contributed by atoms with E-state index in [0.717, 1.165) is 17.0 Å². The Morgan fingerprint density at radius 1 is 0.900 bits per heavy atom. The normalized spacial score (nSPS) is 10.6. The third-order valence-electron chi connectivity index (χ3n) is 4.81. The van der Waals surface area contributed by atoms with E-state index in [4.69, 9.17) is 14.2 Å². The van der Waals surface area contributed by atoms with Gasteiger partial charge in [0.25, 0.3) is 5.91 Å². The number of methoxy groups -OCH3 is 2. The van der Waals surface area contributed by atoms with E-state index >= 15 is 0 Å². The topological polar surface area (TPSA) is 56.8 Å². The highest BCUT2D eigenvalue weighted by Crippen LogP contribution is 2.25. The highest BCUT2D eigenvalue weighted by Gasteiger charge is 2.12. The molecule has 0 aliphatic rings. The maximum atomic E-state index is 12.7. The van der Waals surface area contributed by atoms with Crippen molar-refractivity contribution >= 4 is 11.6 Å². The number of benzene rings is 3. The Kier molecular flexibility index (Phi) is 6.96. The molecule has 30 heavy (non-hydrogen) atoms. The maximum Gasteiger partial charge on any atom is 0.255 e. The quantitative estimate of drug-likeness (QED) is 0.525. The van der Waals surface area contributed by atoms with Crippen LogP contribution in [0.15, 0.2) is 66.7 Å². The molecule has 1 N–H and O–H groups in total. The van der Waals surface area contributed by atoms with Gasteiger partial charge in [-0.1, -0.05) is 32.0 Å². The van der Waals surface area contributed by atoms with Crippen molar-refractivity contribution in [1.82, 2.24) is 0 Å². The molecule has 0 unspecified atom stereocenters. The third kappa shape index (κ3) is 5.32. The lowest BCUT2D eigenvalue weighted by Gasteiger charge is -2.13. The van der Waals surface area contributed by atoms with E-state index in [0.29, 0.717) is 23.0 Å². The monoisotopic (exact) mass is 405 g/mol. The molecule has 1 amide bonds. The molecule has 156 valence electrons. The fourth-order valence-electron chi connectivity index (χ4n) is 3.04. The van der Waals surface area contributed by atoms with E-state index in [1.165, 1.54) is 5.56 Å². The van der Waals surface area contributed by atoms with Crippen molar-refractivity contribution < 1.29 is 19.0 Å².